The zero-order valence-electron chi connectivity index (χ0n) is 22.5. The minimum absolute atomic E-state index is 0.106. The number of hydrogen-bond acceptors (Lipinski definition) is 10. The minimum atomic E-state index is -3.59. The number of carbonyl (C=O) groups excluding carboxylic acids is 1. The molecule has 40 heavy (non-hydrogen) atoms. The molecule has 2 aromatic carbocycles. The van der Waals surface area contributed by atoms with Crippen molar-refractivity contribution in [3.63, 3.8) is 0 Å². The number of anilines is 1. The molecular formula is C27H33N5O7S. The molecule has 2 saturated heterocycles. The smallest absolute Gasteiger partial charge is 0.243 e. The van der Waals surface area contributed by atoms with Crippen LogP contribution >= 0.6 is 0 Å². The molecule has 0 bridgehead atoms. The lowest BCUT2D eigenvalue weighted by atomic mass is 9.97. The van der Waals surface area contributed by atoms with Gasteiger partial charge < -0.3 is 24.1 Å². The highest BCUT2D eigenvalue weighted by molar-refractivity contribution is 7.89. The number of ether oxygens (including phenoxy) is 3. The van der Waals surface area contributed by atoms with E-state index in [-0.39, 0.29) is 16.7 Å². The fourth-order valence-electron chi connectivity index (χ4n) is 4.91. The molecule has 1 unspecified atom stereocenters. The standard InChI is InChI=1S/C27H33N5O7S/c1-36-23-10-5-19(16-24(23)37-2)26-29-25(39-30-26)18-31-11-3-4-20(17-31)27(33)28-21-6-8-22(9-7-21)40(34,35)32-12-14-38-15-13-32/h5-10,16,20H,3-4,11-15,17-18H2,1-2H3,(H,28,33). The van der Waals surface area contributed by atoms with Gasteiger partial charge in [0.05, 0.1) is 44.8 Å². The molecule has 12 nitrogen and oxygen atoms in total. The highest BCUT2D eigenvalue weighted by Gasteiger charge is 2.28. The van der Waals surface area contributed by atoms with Crippen LogP contribution in [0.5, 0.6) is 11.5 Å². The maximum atomic E-state index is 13.0. The summed E-state index contributed by atoms with van der Waals surface area (Å²) in [4.78, 5) is 19.9. The van der Waals surface area contributed by atoms with Gasteiger partial charge in [-0.2, -0.15) is 9.29 Å². The Morgan fingerprint density at radius 3 is 2.52 bits per heavy atom. The van der Waals surface area contributed by atoms with Crippen LogP contribution in [-0.2, 0) is 26.1 Å². The SMILES string of the molecule is COc1ccc(-c2noc(CN3CCCC(C(=O)Nc4ccc(S(=O)(=O)N5CCOCC5)cc4)C3)n2)cc1OC. The van der Waals surface area contributed by atoms with Crippen LogP contribution in [0.4, 0.5) is 5.69 Å². The summed E-state index contributed by atoms with van der Waals surface area (Å²) in [5, 5.41) is 7.04. The molecule has 2 aliphatic heterocycles. The molecule has 0 aliphatic carbocycles. The number of carbonyl (C=O) groups is 1. The summed E-state index contributed by atoms with van der Waals surface area (Å²) in [7, 11) is -0.442. The second-order valence-electron chi connectivity index (χ2n) is 9.69. The number of morpholine rings is 1. The number of aromatic nitrogens is 2. The van der Waals surface area contributed by atoms with Gasteiger partial charge in [0, 0.05) is 30.9 Å². The molecule has 2 fully saturated rings. The molecule has 1 aromatic heterocycles. The van der Waals surface area contributed by atoms with Gasteiger partial charge in [0.1, 0.15) is 0 Å². The van der Waals surface area contributed by atoms with Crippen molar-refractivity contribution in [3.05, 3.63) is 48.4 Å². The van der Waals surface area contributed by atoms with Crippen molar-refractivity contribution in [2.75, 3.05) is 58.9 Å². The Balaban J connectivity index is 1.17. The fraction of sp³-hybridized carbons (Fsp3) is 0.444. The molecule has 1 amide bonds. The predicted octanol–water partition coefficient (Wildman–Crippen LogP) is 2.63. The molecule has 5 rings (SSSR count). The van der Waals surface area contributed by atoms with E-state index in [0.717, 1.165) is 24.9 Å². The Morgan fingerprint density at radius 2 is 1.80 bits per heavy atom. The topological polar surface area (TPSA) is 136 Å². The summed E-state index contributed by atoms with van der Waals surface area (Å²) in [6.07, 6.45) is 1.61. The lowest BCUT2D eigenvalue weighted by Gasteiger charge is -2.30. The zero-order valence-corrected chi connectivity index (χ0v) is 23.4. The van der Waals surface area contributed by atoms with Crippen LogP contribution < -0.4 is 14.8 Å². The van der Waals surface area contributed by atoms with Gasteiger partial charge in [0.25, 0.3) is 0 Å². The van der Waals surface area contributed by atoms with Gasteiger partial charge in [0.15, 0.2) is 11.5 Å². The van der Waals surface area contributed by atoms with E-state index in [1.54, 1.807) is 38.5 Å². The van der Waals surface area contributed by atoms with Crippen LogP contribution in [0, 0.1) is 5.92 Å². The number of nitrogens with one attached hydrogen (secondary N) is 1. The third kappa shape index (κ3) is 6.28. The number of nitrogens with zero attached hydrogens (tertiary/aromatic N) is 4. The molecule has 1 atom stereocenters. The van der Waals surface area contributed by atoms with Crippen molar-refractivity contribution in [3.8, 4) is 22.9 Å². The molecule has 1 N–H and O–H groups in total. The second kappa shape index (κ2) is 12.3. The summed E-state index contributed by atoms with van der Waals surface area (Å²) in [6.45, 7) is 3.22. The normalized spacial score (nSPS) is 18.8. The van der Waals surface area contributed by atoms with Crippen molar-refractivity contribution < 1.29 is 31.9 Å². The highest BCUT2D eigenvalue weighted by Crippen LogP contribution is 2.31. The van der Waals surface area contributed by atoms with Crippen LogP contribution in [0.2, 0.25) is 0 Å². The molecular weight excluding hydrogens is 538 g/mol. The highest BCUT2D eigenvalue weighted by atomic mass is 32.2. The number of piperidine rings is 1. The molecule has 3 aromatic rings. The van der Waals surface area contributed by atoms with Gasteiger partial charge >= 0.3 is 0 Å². The minimum Gasteiger partial charge on any atom is -0.493 e. The van der Waals surface area contributed by atoms with Crippen molar-refractivity contribution in [2.24, 2.45) is 5.92 Å². The molecule has 0 spiro atoms. The first kappa shape index (κ1) is 28.0. The molecule has 3 heterocycles. The number of methoxy groups -OCH3 is 2. The van der Waals surface area contributed by atoms with E-state index in [1.807, 2.05) is 6.07 Å². The molecule has 2 aliphatic rings. The van der Waals surface area contributed by atoms with Crippen LogP contribution in [0.25, 0.3) is 11.4 Å². The van der Waals surface area contributed by atoms with Gasteiger partial charge in [-0.3, -0.25) is 9.69 Å². The molecule has 13 heteroatoms. The third-order valence-electron chi connectivity index (χ3n) is 7.07. The number of hydrogen-bond donors (Lipinski definition) is 1. The van der Waals surface area contributed by atoms with Crippen LogP contribution in [0.3, 0.4) is 0 Å². The first-order valence-electron chi connectivity index (χ1n) is 13.1. The summed E-state index contributed by atoms with van der Waals surface area (Å²) in [6, 6.07) is 11.7. The predicted molar refractivity (Wildman–Crippen MR) is 145 cm³/mol. The average molecular weight is 572 g/mol. The number of rotatable bonds is 9. The fourth-order valence-corrected chi connectivity index (χ4v) is 6.31. The third-order valence-corrected chi connectivity index (χ3v) is 8.99. The number of likely N-dealkylation sites (tertiary alicyclic amines) is 1. The Kier molecular flexibility index (Phi) is 8.64. The Hall–Kier alpha value is -3.52. The van der Waals surface area contributed by atoms with E-state index in [2.05, 4.69) is 20.4 Å². The van der Waals surface area contributed by atoms with Gasteiger partial charge in [-0.25, -0.2) is 8.42 Å². The van der Waals surface area contributed by atoms with E-state index in [0.29, 0.717) is 68.3 Å². The number of sulfonamides is 1. The summed E-state index contributed by atoms with van der Waals surface area (Å²) in [5.74, 6) is 1.76. The van der Waals surface area contributed by atoms with E-state index in [1.165, 1.54) is 16.4 Å². The quantitative estimate of drug-likeness (QED) is 0.408. The Bertz CT molecular complexity index is 1420. The van der Waals surface area contributed by atoms with Crippen LogP contribution in [0.15, 0.2) is 51.9 Å². The molecule has 0 radical (unpaired) electrons. The number of benzene rings is 2. The second-order valence-corrected chi connectivity index (χ2v) is 11.6. The van der Waals surface area contributed by atoms with Gasteiger partial charge in [0.2, 0.25) is 27.6 Å². The summed E-state index contributed by atoms with van der Waals surface area (Å²) in [5.41, 5.74) is 1.30. The number of amides is 1. The lowest BCUT2D eigenvalue weighted by Crippen LogP contribution is -2.40. The Labute approximate surface area is 233 Å². The summed E-state index contributed by atoms with van der Waals surface area (Å²) < 4.78 is 48.5. The van der Waals surface area contributed by atoms with E-state index in [9.17, 15) is 13.2 Å². The monoisotopic (exact) mass is 571 g/mol. The molecule has 0 saturated carbocycles. The average Bonchev–Trinajstić information content (AvgIpc) is 3.46. The van der Waals surface area contributed by atoms with Crippen LogP contribution in [-0.4, -0.2) is 87.3 Å². The van der Waals surface area contributed by atoms with Gasteiger partial charge in [-0.05, 0) is 61.9 Å². The molecule has 214 valence electrons. The van der Waals surface area contributed by atoms with Gasteiger partial charge in [-0.15, -0.1) is 0 Å². The van der Waals surface area contributed by atoms with Gasteiger partial charge in [-0.1, -0.05) is 5.16 Å². The first-order valence-corrected chi connectivity index (χ1v) is 14.6. The van der Waals surface area contributed by atoms with E-state index < -0.39 is 10.0 Å². The van der Waals surface area contributed by atoms with E-state index >= 15 is 0 Å². The Morgan fingerprint density at radius 1 is 1.05 bits per heavy atom. The van der Waals surface area contributed by atoms with Crippen LogP contribution in [0.1, 0.15) is 18.7 Å². The summed E-state index contributed by atoms with van der Waals surface area (Å²) >= 11 is 0. The van der Waals surface area contributed by atoms with Crippen molar-refractivity contribution in [1.82, 2.24) is 19.3 Å². The van der Waals surface area contributed by atoms with Crippen molar-refractivity contribution in [1.29, 1.82) is 0 Å². The lowest BCUT2D eigenvalue weighted by molar-refractivity contribution is -0.121. The maximum Gasteiger partial charge on any atom is 0.243 e. The zero-order chi connectivity index (χ0) is 28.1. The van der Waals surface area contributed by atoms with E-state index in [4.69, 9.17) is 18.7 Å². The largest absolute Gasteiger partial charge is 0.493 e. The van der Waals surface area contributed by atoms with Crippen molar-refractivity contribution >= 4 is 21.6 Å². The first-order chi connectivity index (χ1) is 19.4. The maximum absolute atomic E-state index is 13.0. The van der Waals surface area contributed by atoms with Crippen molar-refractivity contribution in [2.45, 2.75) is 24.3 Å².